The first kappa shape index (κ1) is 27.9. The Morgan fingerprint density at radius 1 is 1.12 bits per heavy atom. The fraction of sp³-hybridized carbons (Fsp3) is 0.435. The second-order valence-electron chi connectivity index (χ2n) is 7.68. The summed E-state index contributed by atoms with van der Waals surface area (Å²) in [7, 11) is 1.34. The highest BCUT2D eigenvalue weighted by atomic mass is 16.5. The molecule has 0 aliphatic carbocycles. The van der Waals surface area contributed by atoms with Crippen molar-refractivity contribution in [3.8, 4) is 5.75 Å². The highest BCUT2D eigenvalue weighted by Crippen LogP contribution is 2.19. The smallest absolute Gasteiger partial charge is 0.326 e. The molecule has 179 valence electrons. The lowest BCUT2D eigenvalue weighted by molar-refractivity contribution is -0.142. The normalized spacial score (nSPS) is 13.3. The molecule has 0 aromatic heterocycles. The topological polar surface area (TPSA) is 140 Å². The first-order chi connectivity index (χ1) is 15.7. The SMILES string of the molecule is C=CCOc1ccc(C[C@H]([B]OCN)C(=O)N[C@H](C(=O)N[C@@H](CC=C)C(=O)O)C(C)C)cc1. The molecule has 0 bridgehead atoms. The van der Waals surface area contributed by atoms with E-state index in [1.165, 1.54) is 13.6 Å². The highest BCUT2D eigenvalue weighted by molar-refractivity contribution is 6.37. The molecule has 2 amide bonds. The van der Waals surface area contributed by atoms with Gasteiger partial charge < -0.3 is 30.9 Å². The second-order valence-corrected chi connectivity index (χ2v) is 7.68. The number of benzene rings is 1. The van der Waals surface area contributed by atoms with Crippen LogP contribution >= 0.6 is 0 Å². The standard InChI is InChI=1S/C23H33BN3O6/c1-5-7-19(23(30)31)26-22(29)20(15(3)4)27-21(28)18(24-33-14-25)13-16-8-10-17(11-9-16)32-12-6-2/h5-6,8-11,15,18-20H,1-2,7,12-14,25H2,3-4H3,(H,26,29)(H,27,28)(H,30,31)/t18-,19-,20-/m0/s1. The summed E-state index contributed by atoms with van der Waals surface area (Å²) in [6, 6.07) is 5.16. The Balaban J connectivity index is 2.92. The quantitative estimate of drug-likeness (QED) is 0.167. The van der Waals surface area contributed by atoms with E-state index in [0.29, 0.717) is 18.8 Å². The zero-order valence-electron chi connectivity index (χ0n) is 19.2. The number of carbonyl (C=O) groups excluding carboxylic acids is 2. The summed E-state index contributed by atoms with van der Waals surface area (Å²) in [4.78, 5) is 37.1. The molecular weight excluding hydrogens is 425 g/mol. The van der Waals surface area contributed by atoms with Gasteiger partial charge in [0.2, 0.25) is 11.8 Å². The van der Waals surface area contributed by atoms with Gasteiger partial charge in [0.05, 0.1) is 6.73 Å². The number of nitrogens with one attached hydrogen (secondary N) is 2. The molecule has 0 spiro atoms. The molecule has 0 unspecified atom stereocenters. The number of amides is 2. The summed E-state index contributed by atoms with van der Waals surface area (Å²) >= 11 is 0. The summed E-state index contributed by atoms with van der Waals surface area (Å²) in [5.41, 5.74) is 6.26. The van der Waals surface area contributed by atoms with Crippen LogP contribution in [0.4, 0.5) is 0 Å². The van der Waals surface area contributed by atoms with E-state index in [9.17, 15) is 19.5 Å². The number of aliphatic carboxylic acids is 1. The van der Waals surface area contributed by atoms with E-state index >= 15 is 0 Å². The Bertz CT molecular complexity index is 800. The van der Waals surface area contributed by atoms with Gasteiger partial charge >= 0.3 is 13.5 Å². The number of hydrogen-bond donors (Lipinski definition) is 4. The number of nitrogens with two attached hydrogens (primary N) is 1. The van der Waals surface area contributed by atoms with Gasteiger partial charge in [-0.2, -0.15) is 0 Å². The molecule has 0 heterocycles. The van der Waals surface area contributed by atoms with Crippen LogP contribution in [0.25, 0.3) is 0 Å². The zero-order chi connectivity index (χ0) is 24.8. The Hall–Kier alpha value is -3.11. The van der Waals surface area contributed by atoms with E-state index in [1.54, 1.807) is 32.1 Å². The molecule has 9 nitrogen and oxygen atoms in total. The molecule has 33 heavy (non-hydrogen) atoms. The van der Waals surface area contributed by atoms with E-state index in [0.717, 1.165) is 5.56 Å². The van der Waals surface area contributed by atoms with Gasteiger partial charge in [-0.05, 0) is 36.5 Å². The van der Waals surface area contributed by atoms with Gasteiger partial charge in [0.25, 0.3) is 0 Å². The summed E-state index contributed by atoms with van der Waals surface area (Å²) in [6.07, 6.45) is 3.41. The zero-order valence-corrected chi connectivity index (χ0v) is 19.2. The van der Waals surface area contributed by atoms with Crippen molar-refractivity contribution in [1.29, 1.82) is 0 Å². The number of carboxylic acid groups (broad SMARTS) is 1. The fourth-order valence-corrected chi connectivity index (χ4v) is 2.95. The van der Waals surface area contributed by atoms with Crippen LogP contribution in [0, 0.1) is 5.92 Å². The Kier molecular flexibility index (Phi) is 12.6. The predicted octanol–water partition coefficient (Wildman–Crippen LogP) is 1.42. The van der Waals surface area contributed by atoms with Gasteiger partial charge in [0, 0.05) is 5.82 Å². The van der Waals surface area contributed by atoms with Crippen LogP contribution in [0.5, 0.6) is 5.75 Å². The monoisotopic (exact) mass is 458 g/mol. The van der Waals surface area contributed by atoms with Crippen molar-refractivity contribution in [2.75, 3.05) is 13.3 Å². The third-order valence-electron chi connectivity index (χ3n) is 4.70. The molecule has 3 atom stereocenters. The van der Waals surface area contributed by atoms with Gasteiger partial charge in [-0.25, -0.2) is 4.79 Å². The molecule has 10 heteroatoms. The van der Waals surface area contributed by atoms with Gasteiger partial charge in [-0.3, -0.25) is 9.59 Å². The van der Waals surface area contributed by atoms with Crippen molar-refractivity contribution < 1.29 is 28.9 Å². The van der Waals surface area contributed by atoms with Gasteiger partial charge in [0.1, 0.15) is 24.4 Å². The van der Waals surface area contributed by atoms with E-state index in [2.05, 4.69) is 23.8 Å². The molecule has 1 radical (unpaired) electrons. The molecular formula is C23H33BN3O6. The van der Waals surface area contributed by atoms with E-state index in [-0.39, 0.29) is 19.1 Å². The lowest BCUT2D eigenvalue weighted by Crippen LogP contribution is -2.54. The number of carbonyl (C=O) groups is 3. The lowest BCUT2D eigenvalue weighted by atomic mass is 9.75. The van der Waals surface area contributed by atoms with Gasteiger partial charge in [0.15, 0.2) is 0 Å². The Labute approximate surface area is 195 Å². The molecule has 0 saturated carbocycles. The van der Waals surface area contributed by atoms with Crippen LogP contribution < -0.4 is 21.1 Å². The largest absolute Gasteiger partial charge is 0.490 e. The van der Waals surface area contributed by atoms with Gasteiger partial charge in [-0.15, -0.1) is 6.58 Å². The number of hydrogen-bond acceptors (Lipinski definition) is 6. The minimum Gasteiger partial charge on any atom is -0.490 e. The second kappa shape index (κ2) is 14.9. The molecule has 0 aliphatic rings. The third-order valence-corrected chi connectivity index (χ3v) is 4.70. The van der Waals surface area contributed by atoms with Crippen molar-refractivity contribution in [2.24, 2.45) is 11.7 Å². The van der Waals surface area contributed by atoms with E-state index < -0.39 is 35.7 Å². The summed E-state index contributed by atoms with van der Waals surface area (Å²) in [5.74, 6) is -2.56. The van der Waals surface area contributed by atoms with Crippen LogP contribution in [0.2, 0.25) is 5.82 Å². The molecule has 1 rings (SSSR count). The number of carboxylic acids is 1. The molecule has 0 aliphatic heterocycles. The third kappa shape index (κ3) is 9.92. The molecule has 1 aromatic carbocycles. The molecule has 5 N–H and O–H groups in total. The van der Waals surface area contributed by atoms with E-state index in [4.69, 9.17) is 15.1 Å². The van der Waals surface area contributed by atoms with Crippen LogP contribution in [-0.4, -0.2) is 55.8 Å². The Morgan fingerprint density at radius 3 is 2.30 bits per heavy atom. The van der Waals surface area contributed by atoms with Crippen LogP contribution in [0.1, 0.15) is 25.8 Å². The number of ether oxygens (including phenoxy) is 1. The van der Waals surface area contributed by atoms with Crippen LogP contribution in [0.15, 0.2) is 49.6 Å². The van der Waals surface area contributed by atoms with Crippen LogP contribution in [0.3, 0.4) is 0 Å². The first-order valence-corrected chi connectivity index (χ1v) is 10.7. The van der Waals surface area contributed by atoms with Crippen molar-refractivity contribution >= 4 is 25.3 Å². The number of rotatable bonds is 16. The van der Waals surface area contributed by atoms with Crippen LogP contribution in [-0.2, 0) is 25.5 Å². The van der Waals surface area contributed by atoms with Gasteiger partial charge in [-0.1, -0.05) is 44.7 Å². The maximum atomic E-state index is 13.0. The summed E-state index contributed by atoms with van der Waals surface area (Å²) in [6.45, 7) is 10.9. The fourth-order valence-electron chi connectivity index (χ4n) is 2.95. The molecule has 0 fully saturated rings. The maximum absolute atomic E-state index is 13.0. The Morgan fingerprint density at radius 2 is 1.79 bits per heavy atom. The average Bonchev–Trinajstić information content (AvgIpc) is 2.78. The first-order valence-electron chi connectivity index (χ1n) is 10.7. The van der Waals surface area contributed by atoms with E-state index in [1.807, 2.05) is 12.1 Å². The highest BCUT2D eigenvalue weighted by Gasteiger charge is 2.31. The minimum atomic E-state index is -1.18. The maximum Gasteiger partial charge on any atom is 0.326 e. The predicted molar refractivity (Wildman–Crippen MR) is 127 cm³/mol. The minimum absolute atomic E-state index is 0.0626. The molecule has 1 aromatic rings. The average molecular weight is 458 g/mol. The molecule has 0 saturated heterocycles. The van der Waals surface area contributed by atoms with Crippen molar-refractivity contribution in [3.63, 3.8) is 0 Å². The van der Waals surface area contributed by atoms with Crippen molar-refractivity contribution in [3.05, 3.63) is 55.1 Å². The lowest BCUT2D eigenvalue weighted by Gasteiger charge is -2.26. The summed E-state index contributed by atoms with van der Waals surface area (Å²) in [5, 5.41) is 14.4. The van der Waals surface area contributed by atoms with Crippen molar-refractivity contribution in [2.45, 2.75) is 44.6 Å². The van der Waals surface area contributed by atoms with Crippen molar-refractivity contribution in [1.82, 2.24) is 10.6 Å². The summed E-state index contributed by atoms with van der Waals surface area (Å²) < 4.78 is 10.6.